The van der Waals surface area contributed by atoms with Crippen LogP contribution in [0.25, 0.3) is 0 Å². The van der Waals surface area contributed by atoms with Crippen LogP contribution in [0.5, 0.6) is 0 Å². The zero-order valence-corrected chi connectivity index (χ0v) is 11.0. The Labute approximate surface area is 99.6 Å². The number of hydrogen-bond acceptors (Lipinski definition) is 1. The number of rotatable bonds is 0. The van der Waals surface area contributed by atoms with Gasteiger partial charge in [-0.1, -0.05) is 37.1 Å². The molecule has 0 aromatic heterocycles. The summed E-state index contributed by atoms with van der Waals surface area (Å²) in [6.07, 6.45) is 10.4. The first-order chi connectivity index (χ1) is 7.49. The molecule has 0 spiro atoms. The second kappa shape index (κ2) is 4.37. The predicted octanol–water partition coefficient (Wildman–Crippen LogP) is 4.25. The fourth-order valence-corrected chi connectivity index (χ4v) is 2.59. The average molecular weight is 220 g/mol. The van der Waals surface area contributed by atoms with Gasteiger partial charge in [-0.05, 0) is 44.9 Å². The van der Waals surface area contributed by atoms with Gasteiger partial charge in [-0.25, -0.2) is 0 Å². The molecule has 1 heteroatoms. The van der Waals surface area contributed by atoms with Crippen molar-refractivity contribution in [2.45, 2.75) is 65.6 Å². The molecule has 2 aliphatic rings. The van der Waals surface area contributed by atoms with Crippen LogP contribution in [-0.4, -0.2) is 12.2 Å². The van der Waals surface area contributed by atoms with E-state index < -0.39 is 0 Å². The van der Waals surface area contributed by atoms with E-state index in [1.165, 1.54) is 24.0 Å². The first-order valence-electron chi connectivity index (χ1n) is 6.46. The van der Waals surface area contributed by atoms with Crippen molar-refractivity contribution < 1.29 is 4.74 Å². The minimum absolute atomic E-state index is 0.302. The maximum Gasteiger partial charge on any atom is 0.0898 e. The Bertz CT molecular complexity index is 322. The molecule has 1 nitrogen and oxygen atoms in total. The molecule has 0 bridgehead atoms. The lowest BCUT2D eigenvalue weighted by Gasteiger charge is -2.20. The zero-order chi connectivity index (χ0) is 11.8. The Balaban J connectivity index is 2.12. The van der Waals surface area contributed by atoms with Crippen LogP contribution >= 0.6 is 0 Å². The molecule has 0 aromatic carbocycles. The molecule has 0 N–H and O–H groups in total. The van der Waals surface area contributed by atoms with Gasteiger partial charge in [-0.15, -0.1) is 0 Å². The number of fused-ring (bicyclic) bond motifs is 1. The van der Waals surface area contributed by atoms with E-state index in [1.807, 2.05) is 0 Å². The van der Waals surface area contributed by atoms with Crippen LogP contribution in [0.4, 0.5) is 0 Å². The highest BCUT2D eigenvalue weighted by Gasteiger charge is 2.48. The highest BCUT2D eigenvalue weighted by molar-refractivity contribution is 5.12. The van der Waals surface area contributed by atoms with Crippen molar-refractivity contribution in [3.05, 3.63) is 23.3 Å². The summed E-state index contributed by atoms with van der Waals surface area (Å²) >= 11 is 0. The van der Waals surface area contributed by atoms with E-state index in [0.29, 0.717) is 17.6 Å². The zero-order valence-electron chi connectivity index (χ0n) is 11.0. The Morgan fingerprint density at radius 2 is 1.94 bits per heavy atom. The van der Waals surface area contributed by atoms with Crippen LogP contribution in [0.2, 0.25) is 0 Å². The van der Waals surface area contributed by atoms with Crippen LogP contribution in [-0.2, 0) is 4.74 Å². The van der Waals surface area contributed by atoms with Gasteiger partial charge in [0.25, 0.3) is 0 Å². The molecule has 2 atom stereocenters. The molecule has 1 aliphatic carbocycles. The summed E-state index contributed by atoms with van der Waals surface area (Å²) < 4.78 is 5.84. The number of epoxide rings is 1. The number of ether oxygens (including phenoxy) is 1. The van der Waals surface area contributed by atoms with Gasteiger partial charge in [0.1, 0.15) is 0 Å². The minimum atomic E-state index is 0.302. The summed E-state index contributed by atoms with van der Waals surface area (Å²) in [6, 6.07) is 0. The highest BCUT2D eigenvalue weighted by atomic mass is 16.6. The summed E-state index contributed by atoms with van der Waals surface area (Å²) in [5.41, 5.74) is 3.32. The van der Waals surface area contributed by atoms with Gasteiger partial charge in [-0.3, -0.25) is 0 Å². The van der Waals surface area contributed by atoms with Crippen molar-refractivity contribution in [2.75, 3.05) is 0 Å². The van der Waals surface area contributed by atoms with Crippen LogP contribution in [0.1, 0.15) is 53.4 Å². The number of allylic oxidation sites excluding steroid dienone is 3. The van der Waals surface area contributed by atoms with Crippen LogP contribution in [0, 0.1) is 5.41 Å². The molecule has 90 valence electrons. The van der Waals surface area contributed by atoms with Gasteiger partial charge in [0, 0.05) is 0 Å². The molecule has 2 unspecified atom stereocenters. The van der Waals surface area contributed by atoms with Crippen molar-refractivity contribution in [1.29, 1.82) is 0 Å². The fourth-order valence-electron chi connectivity index (χ4n) is 2.59. The summed E-state index contributed by atoms with van der Waals surface area (Å²) in [5.74, 6) is 0. The third-order valence-electron chi connectivity index (χ3n) is 3.88. The lowest BCUT2D eigenvalue weighted by atomic mass is 9.82. The van der Waals surface area contributed by atoms with Crippen molar-refractivity contribution in [2.24, 2.45) is 5.41 Å². The molecular formula is C15H24O. The molecule has 1 saturated heterocycles. The quantitative estimate of drug-likeness (QED) is 0.439. The topological polar surface area (TPSA) is 12.5 Å². The second-order valence-corrected chi connectivity index (χ2v) is 6.13. The molecule has 0 saturated carbocycles. The van der Waals surface area contributed by atoms with Crippen molar-refractivity contribution in [3.63, 3.8) is 0 Å². The lowest BCUT2D eigenvalue weighted by Crippen LogP contribution is -2.20. The molecule has 0 radical (unpaired) electrons. The van der Waals surface area contributed by atoms with Crippen molar-refractivity contribution in [3.8, 4) is 0 Å². The van der Waals surface area contributed by atoms with E-state index >= 15 is 0 Å². The maximum absolute atomic E-state index is 5.84. The largest absolute Gasteiger partial charge is 0.369 e. The summed E-state index contributed by atoms with van der Waals surface area (Å²) in [5, 5.41) is 0. The third kappa shape index (κ3) is 2.76. The summed E-state index contributed by atoms with van der Waals surface area (Å²) in [4.78, 5) is 0. The monoisotopic (exact) mass is 220 g/mol. The Kier molecular flexibility index (Phi) is 3.25. The second-order valence-electron chi connectivity index (χ2n) is 6.13. The SMILES string of the molecule is CC1=CCC(C)(C)C2OC2CC(C)=CCC1. The van der Waals surface area contributed by atoms with E-state index in [9.17, 15) is 0 Å². The third-order valence-corrected chi connectivity index (χ3v) is 3.88. The van der Waals surface area contributed by atoms with Gasteiger partial charge < -0.3 is 4.74 Å². The molecular weight excluding hydrogens is 196 g/mol. The predicted molar refractivity (Wildman–Crippen MR) is 68.4 cm³/mol. The first-order valence-corrected chi connectivity index (χ1v) is 6.46. The minimum Gasteiger partial charge on any atom is -0.369 e. The van der Waals surface area contributed by atoms with E-state index in [-0.39, 0.29) is 0 Å². The molecule has 0 amide bonds. The Hall–Kier alpha value is -0.560. The number of hydrogen-bond donors (Lipinski definition) is 0. The average Bonchev–Trinajstić information content (AvgIpc) is 2.94. The standard InChI is InChI=1S/C15H24O/c1-11-6-5-7-12(2)10-13-14(16-13)15(3,4)9-8-11/h7-8,13-14H,5-6,9-10H2,1-4H3. The molecule has 16 heavy (non-hydrogen) atoms. The van der Waals surface area contributed by atoms with Gasteiger partial charge in [-0.2, -0.15) is 0 Å². The highest BCUT2D eigenvalue weighted by Crippen LogP contribution is 2.44. The summed E-state index contributed by atoms with van der Waals surface area (Å²) in [7, 11) is 0. The van der Waals surface area contributed by atoms with E-state index in [2.05, 4.69) is 39.8 Å². The smallest absolute Gasteiger partial charge is 0.0898 e. The van der Waals surface area contributed by atoms with Crippen molar-refractivity contribution >= 4 is 0 Å². The van der Waals surface area contributed by atoms with Crippen LogP contribution < -0.4 is 0 Å². The molecule has 1 aliphatic heterocycles. The first kappa shape index (κ1) is 11.9. The molecule has 1 fully saturated rings. The van der Waals surface area contributed by atoms with E-state index in [0.717, 1.165) is 12.8 Å². The molecule has 0 aromatic rings. The Morgan fingerprint density at radius 1 is 1.19 bits per heavy atom. The van der Waals surface area contributed by atoms with E-state index in [1.54, 1.807) is 0 Å². The van der Waals surface area contributed by atoms with Gasteiger partial charge in [0.2, 0.25) is 0 Å². The summed E-state index contributed by atoms with van der Waals surface area (Å²) in [6.45, 7) is 9.15. The molecule has 1 heterocycles. The normalized spacial score (nSPS) is 34.2. The van der Waals surface area contributed by atoms with Gasteiger partial charge in [0.05, 0.1) is 12.2 Å². The van der Waals surface area contributed by atoms with Crippen LogP contribution in [0.15, 0.2) is 23.3 Å². The maximum atomic E-state index is 5.84. The lowest BCUT2D eigenvalue weighted by molar-refractivity contribution is 0.241. The molecule has 2 rings (SSSR count). The van der Waals surface area contributed by atoms with E-state index in [4.69, 9.17) is 4.74 Å². The van der Waals surface area contributed by atoms with Gasteiger partial charge in [0.15, 0.2) is 0 Å². The van der Waals surface area contributed by atoms with Gasteiger partial charge >= 0.3 is 0 Å². The van der Waals surface area contributed by atoms with Crippen molar-refractivity contribution in [1.82, 2.24) is 0 Å². The van der Waals surface area contributed by atoms with Crippen LogP contribution in [0.3, 0.4) is 0 Å². The Morgan fingerprint density at radius 3 is 2.69 bits per heavy atom. The fraction of sp³-hybridized carbons (Fsp3) is 0.733.